The van der Waals surface area contributed by atoms with E-state index >= 15 is 0 Å². The van der Waals surface area contributed by atoms with E-state index in [2.05, 4.69) is 5.32 Å². The first-order chi connectivity index (χ1) is 9.54. The van der Waals surface area contributed by atoms with Gasteiger partial charge in [-0.25, -0.2) is 0 Å². The fourth-order valence-electron chi connectivity index (χ4n) is 3.12. The number of rotatable bonds is 1. The van der Waals surface area contributed by atoms with Gasteiger partial charge in [-0.05, 0) is 43.4 Å². The molecule has 0 radical (unpaired) electrons. The maximum absolute atomic E-state index is 12.9. The number of aryl methyl sites for hydroxylation is 1. The Morgan fingerprint density at radius 1 is 1.20 bits per heavy atom. The number of hydrogen-bond acceptors (Lipinski definition) is 2. The summed E-state index contributed by atoms with van der Waals surface area (Å²) in [6.07, 6.45) is -1.05. The van der Waals surface area contributed by atoms with E-state index in [-0.39, 0.29) is 13.0 Å². The van der Waals surface area contributed by atoms with Crippen molar-refractivity contribution in [3.05, 3.63) is 23.8 Å². The van der Waals surface area contributed by atoms with Crippen LogP contribution < -0.4 is 10.2 Å². The van der Waals surface area contributed by atoms with Crippen LogP contribution in [-0.4, -0.2) is 25.8 Å². The SMILES string of the molecule is FC(F)(F)C1CCCN(c2ccc3c(c2)NCCC3)C1. The third-order valence-corrected chi connectivity index (χ3v) is 4.28. The molecule has 0 amide bonds. The van der Waals surface area contributed by atoms with E-state index in [1.807, 2.05) is 23.1 Å². The molecule has 1 atom stereocenters. The van der Waals surface area contributed by atoms with Gasteiger partial charge in [-0.3, -0.25) is 0 Å². The Morgan fingerprint density at radius 2 is 2.05 bits per heavy atom. The van der Waals surface area contributed by atoms with Crippen LogP contribution in [0.5, 0.6) is 0 Å². The van der Waals surface area contributed by atoms with E-state index in [1.54, 1.807) is 0 Å². The minimum absolute atomic E-state index is 0.0856. The molecule has 1 unspecified atom stereocenters. The molecule has 1 aromatic carbocycles. The zero-order chi connectivity index (χ0) is 14.2. The predicted octanol–water partition coefficient (Wildman–Crippen LogP) is 3.82. The van der Waals surface area contributed by atoms with E-state index in [1.165, 1.54) is 5.56 Å². The first-order valence-electron chi connectivity index (χ1n) is 7.22. The molecular formula is C15H19F3N2. The summed E-state index contributed by atoms with van der Waals surface area (Å²) in [6.45, 7) is 1.75. The standard InChI is InChI=1S/C15H19F3N2/c16-15(17,18)12-4-2-8-20(10-12)13-6-5-11-3-1-7-19-14(11)9-13/h5-6,9,12,19H,1-4,7-8,10H2. The molecule has 0 bridgehead atoms. The number of fused-ring (bicyclic) bond motifs is 1. The van der Waals surface area contributed by atoms with E-state index in [0.717, 1.165) is 30.8 Å². The molecule has 1 aromatic rings. The highest BCUT2D eigenvalue weighted by atomic mass is 19.4. The maximum Gasteiger partial charge on any atom is 0.393 e. The van der Waals surface area contributed by atoms with Gasteiger partial charge in [-0.2, -0.15) is 13.2 Å². The van der Waals surface area contributed by atoms with Crippen LogP contribution in [0.15, 0.2) is 18.2 Å². The molecule has 2 heterocycles. The largest absolute Gasteiger partial charge is 0.393 e. The Balaban J connectivity index is 1.78. The summed E-state index contributed by atoms with van der Waals surface area (Å²) in [5, 5.41) is 3.33. The Morgan fingerprint density at radius 3 is 2.85 bits per heavy atom. The molecule has 1 N–H and O–H groups in total. The Bertz CT molecular complexity index is 484. The van der Waals surface area contributed by atoms with Crippen LogP contribution in [0.25, 0.3) is 0 Å². The number of nitrogens with zero attached hydrogens (tertiary/aromatic N) is 1. The quantitative estimate of drug-likeness (QED) is 0.843. The molecule has 3 rings (SSSR count). The average Bonchev–Trinajstić information content (AvgIpc) is 2.46. The summed E-state index contributed by atoms with van der Waals surface area (Å²) in [7, 11) is 0. The van der Waals surface area contributed by atoms with Crippen LogP contribution in [0.1, 0.15) is 24.8 Å². The monoisotopic (exact) mass is 284 g/mol. The number of nitrogens with one attached hydrogen (secondary N) is 1. The van der Waals surface area contributed by atoms with Gasteiger partial charge >= 0.3 is 6.18 Å². The second kappa shape index (κ2) is 5.19. The van der Waals surface area contributed by atoms with E-state index in [0.29, 0.717) is 13.0 Å². The number of hydrogen-bond donors (Lipinski definition) is 1. The molecular weight excluding hydrogens is 265 g/mol. The lowest BCUT2D eigenvalue weighted by atomic mass is 9.96. The normalized spacial score (nSPS) is 23.1. The van der Waals surface area contributed by atoms with E-state index in [9.17, 15) is 13.2 Å². The number of piperidine rings is 1. The second-order valence-electron chi connectivity index (χ2n) is 5.70. The molecule has 110 valence electrons. The van der Waals surface area contributed by atoms with Crippen molar-refractivity contribution in [3.8, 4) is 0 Å². The van der Waals surface area contributed by atoms with Crippen molar-refractivity contribution in [2.45, 2.75) is 31.9 Å². The van der Waals surface area contributed by atoms with Crippen LogP contribution in [0, 0.1) is 5.92 Å². The van der Waals surface area contributed by atoms with Gasteiger partial charge in [0, 0.05) is 31.0 Å². The number of anilines is 2. The van der Waals surface area contributed by atoms with Gasteiger partial charge in [-0.1, -0.05) is 6.07 Å². The molecule has 1 saturated heterocycles. The van der Waals surface area contributed by atoms with Crippen LogP contribution in [0.2, 0.25) is 0 Å². The van der Waals surface area contributed by atoms with Gasteiger partial charge in [-0.15, -0.1) is 0 Å². The van der Waals surface area contributed by atoms with Gasteiger partial charge in [0.25, 0.3) is 0 Å². The molecule has 5 heteroatoms. The minimum atomic E-state index is -4.08. The van der Waals surface area contributed by atoms with Crippen LogP contribution in [0.3, 0.4) is 0 Å². The zero-order valence-electron chi connectivity index (χ0n) is 11.3. The van der Waals surface area contributed by atoms with Crippen molar-refractivity contribution in [3.63, 3.8) is 0 Å². The van der Waals surface area contributed by atoms with Gasteiger partial charge in [0.05, 0.1) is 5.92 Å². The highest BCUT2D eigenvalue weighted by Gasteiger charge is 2.41. The fourth-order valence-corrected chi connectivity index (χ4v) is 3.12. The molecule has 20 heavy (non-hydrogen) atoms. The van der Waals surface area contributed by atoms with Crippen molar-refractivity contribution < 1.29 is 13.2 Å². The zero-order valence-corrected chi connectivity index (χ0v) is 11.3. The summed E-state index contributed by atoms with van der Waals surface area (Å²) in [5.41, 5.74) is 3.26. The van der Waals surface area contributed by atoms with Crippen molar-refractivity contribution in [2.75, 3.05) is 29.9 Å². The van der Waals surface area contributed by atoms with Crippen molar-refractivity contribution in [1.82, 2.24) is 0 Å². The molecule has 2 aliphatic rings. The van der Waals surface area contributed by atoms with Crippen LogP contribution in [-0.2, 0) is 6.42 Å². The first kappa shape index (κ1) is 13.6. The second-order valence-corrected chi connectivity index (χ2v) is 5.70. The van der Waals surface area contributed by atoms with Crippen molar-refractivity contribution >= 4 is 11.4 Å². The third-order valence-electron chi connectivity index (χ3n) is 4.28. The first-order valence-corrected chi connectivity index (χ1v) is 7.22. The van der Waals surface area contributed by atoms with Gasteiger partial charge < -0.3 is 10.2 Å². The Labute approximate surface area is 117 Å². The number of halogens is 3. The predicted molar refractivity (Wildman–Crippen MR) is 74.2 cm³/mol. The third kappa shape index (κ3) is 2.72. The Hall–Kier alpha value is -1.39. The summed E-state index contributed by atoms with van der Waals surface area (Å²) in [4.78, 5) is 1.87. The topological polar surface area (TPSA) is 15.3 Å². The number of alkyl halides is 3. The lowest BCUT2D eigenvalue weighted by molar-refractivity contribution is -0.175. The average molecular weight is 284 g/mol. The van der Waals surface area contributed by atoms with Gasteiger partial charge in [0.1, 0.15) is 0 Å². The lowest BCUT2D eigenvalue weighted by Crippen LogP contribution is -2.41. The van der Waals surface area contributed by atoms with E-state index < -0.39 is 12.1 Å². The highest BCUT2D eigenvalue weighted by Crippen LogP contribution is 2.36. The summed E-state index contributed by atoms with van der Waals surface area (Å²) in [6, 6.07) is 6.02. The molecule has 1 fully saturated rings. The molecule has 0 spiro atoms. The summed E-state index contributed by atoms with van der Waals surface area (Å²) >= 11 is 0. The lowest BCUT2D eigenvalue weighted by Gasteiger charge is -2.35. The summed E-state index contributed by atoms with van der Waals surface area (Å²) < 4.78 is 38.6. The molecule has 0 aromatic heterocycles. The molecule has 2 nitrogen and oxygen atoms in total. The van der Waals surface area contributed by atoms with Gasteiger partial charge in [0.15, 0.2) is 0 Å². The van der Waals surface area contributed by atoms with Crippen molar-refractivity contribution in [2.24, 2.45) is 5.92 Å². The van der Waals surface area contributed by atoms with Gasteiger partial charge in [0.2, 0.25) is 0 Å². The fraction of sp³-hybridized carbons (Fsp3) is 0.600. The van der Waals surface area contributed by atoms with Crippen LogP contribution in [0.4, 0.5) is 24.5 Å². The minimum Gasteiger partial charge on any atom is -0.385 e. The maximum atomic E-state index is 12.9. The molecule has 2 aliphatic heterocycles. The van der Waals surface area contributed by atoms with Crippen molar-refractivity contribution in [1.29, 1.82) is 0 Å². The smallest absolute Gasteiger partial charge is 0.385 e. The molecule has 0 saturated carbocycles. The van der Waals surface area contributed by atoms with E-state index in [4.69, 9.17) is 0 Å². The van der Waals surface area contributed by atoms with Crippen LogP contribution >= 0.6 is 0 Å². The molecule has 0 aliphatic carbocycles. The number of benzene rings is 1. The highest BCUT2D eigenvalue weighted by molar-refractivity contribution is 5.63. The Kier molecular flexibility index (Phi) is 3.52. The summed E-state index contributed by atoms with van der Waals surface area (Å²) in [5.74, 6) is -1.19.